The van der Waals surface area contributed by atoms with E-state index in [4.69, 9.17) is 0 Å². The second-order valence-corrected chi connectivity index (χ2v) is 12.2. The van der Waals surface area contributed by atoms with Crippen LogP contribution >= 0.6 is 0 Å². The lowest BCUT2D eigenvalue weighted by molar-refractivity contribution is 0.390. The molecule has 2 nitrogen and oxygen atoms in total. The monoisotopic (exact) mass is 260 g/mol. The third kappa shape index (κ3) is 6.18. The fourth-order valence-electron chi connectivity index (χ4n) is 2.02. The molecular formula is C12H32N2Si2. The lowest BCUT2D eigenvalue weighted by Gasteiger charge is -2.30. The molecular weight excluding hydrogens is 228 g/mol. The molecule has 0 spiro atoms. The van der Waals surface area contributed by atoms with Gasteiger partial charge >= 0.3 is 0 Å². The first-order valence-corrected chi connectivity index (χ1v) is 9.72. The first-order chi connectivity index (χ1) is 7.42. The van der Waals surface area contributed by atoms with Gasteiger partial charge in [-0.25, -0.2) is 0 Å². The van der Waals surface area contributed by atoms with Gasteiger partial charge in [-0.2, -0.15) is 0 Å². The Bertz CT molecular complexity index is 160. The van der Waals surface area contributed by atoms with Crippen molar-refractivity contribution in [2.24, 2.45) is 0 Å². The smallest absolute Gasteiger partial charge is 0.0959 e. The lowest BCUT2D eigenvalue weighted by atomic mass is 10.3. The molecule has 2 atom stereocenters. The fourth-order valence-corrected chi connectivity index (χ4v) is 8.13. The van der Waals surface area contributed by atoms with Crippen molar-refractivity contribution in [3.05, 3.63) is 0 Å². The first-order valence-electron chi connectivity index (χ1n) is 6.82. The quantitative estimate of drug-likeness (QED) is 0.609. The Morgan fingerprint density at radius 1 is 0.812 bits per heavy atom. The van der Waals surface area contributed by atoms with Gasteiger partial charge in [-0.3, -0.25) is 0 Å². The molecule has 0 radical (unpaired) electrons. The summed E-state index contributed by atoms with van der Waals surface area (Å²) in [7, 11) is 4.60. The SMILES string of the molecule is CCC(C)N(C)[SiH2]C(C)[SiH2]N(C)C(C)CC. The Labute approximate surface area is 108 Å². The van der Waals surface area contributed by atoms with Crippen molar-refractivity contribution < 1.29 is 0 Å². The predicted molar refractivity (Wildman–Crippen MR) is 81.5 cm³/mol. The molecule has 0 saturated heterocycles. The van der Waals surface area contributed by atoms with Crippen LogP contribution in [-0.2, 0) is 0 Å². The van der Waals surface area contributed by atoms with E-state index in [-0.39, 0.29) is 19.4 Å². The van der Waals surface area contributed by atoms with Crippen LogP contribution in [0.5, 0.6) is 0 Å². The molecule has 0 heterocycles. The summed E-state index contributed by atoms with van der Waals surface area (Å²) in [5.41, 5.74) is 0. The molecule has 0 amide bonds. The van der Waals surface area contributed by atoms with E-state index in [9.17, 15) is 0 Å². The molecule has 0 aliphatic rings. The Morgan fingerprint density at radius 2 is 1.12 bits per heavy atom. The molecule has 0 N–H and O–H groups in total. The summed E-state index contributed by atoms with van der Waals surface area (Å²) >= 11 is 0. The van der Waals surface area contributed by atoms with Gasteiger partial charge in [0, 0.05) is 0 Å². The fraction of sp³-hybridized carbons (Fsp3) is 1.00. The average molecular weight is 261 g/mol. The largest absolute Gasteiger partial charge is 0.329 e. The molecule has 4 heteroatoms. The second kappa shape index (κ2) is 8.45. The lowest BCUT2D eigenvalue weighted by Crippen LogP contribution is -2.40. The van der Waals surface area contributed by atoms with Crippen LogP contribution in [0.25, 0.3) is 0 Å². The van der Waals surface area contributed by atoms with Crippen molar-refractivity contribution >= 4 is 19.4 Å². The molecule has 0 saturated carbocycles. The van der Waals surface area contributed by atoms with E-state index in [2.05, 4.69) is 57.8 Å². The van der Waals surface area contributed by atoms with E-state index in [1.165, 1.54) is 12.8 Å². The van der Waals surface area contributed by atoms with Gasteiger partial charge in [-0.15, -0.1) is 0 Å². The molecule has 0 aromatic heterocycles. The highest BCUT2D eigenvalue weighted by Crippen LogP contribution is 2.09. The van der Waals surface area contributed by atoms with Gasteiger partial charge in [0.25, 0.3) is 0 Å². The van der Waals surface area contributed by atoms with Crippen LogP contribution in [0.4, 0.5) is 0 Å². The van der Waals surface area contributed by atoms with Crippen molar-refractivity contribution in [3.8, 4) is 0 Å². The number of rotatable bonds is 8. The maximum atomic E-state index is 2.65. The summed E-state index contributed by atoms with van der Waals surface area (Å²) in [5.74, 6) is 0. The summed E-state index contributed by atoms with van der Waals surface area (Å²) in [5, 5.41) is 1.03. The molecule has 0 bridgehead atoms. The van der Waals surface area contributed by atoms with Crippen LogP contribution in [0.3, 0.4) is 0 Å². The Morgan fingerprint density at radius 3 is 1.38 bits per heavy atom. The summed E-state index contributed by atoms with van der Waals surface area (Å²) in [6.45, 7) is 11.8. The van der Waals surface area contributed by atoms with Gasteiger partial charge in [0.1, 0.15) is 0 Å². The Kier molecular flexibility index (Phi) is 8.63. The van der Waals surface area contributed by atoms with Gasteiger partial charge in [-0.05, 0) is 44.2 Å². The minimum Gasteiger partial charge on any atom is -0.329 e. The number of hydrogen-bond donors (Lipinski definition) is 0. The summed E-state index contributed by atoms with van der Waals surface area (Å²) < 4.78 is 5.31. The van der Waals surface area contributed by atoms with Crippen molar-refractivity contribution in [1.82, 2.24) is 9.13 Å². The van der Waals surface area contributed by atoms with Crippen LogP contribution in [0, 0.1) is 0 Å². The van der Waals surface area contributed by atoms with Crippen LogP contribution in [0.2, 0.25) is 5.16 Å². The summed E-state index contributed by atoms with van der Waals surface area (Å²) in [4.78, 5) is 0. The molecule has 2 unspecified atom stereocenters. The minimum absolute atomic E-state index is 0.0274. The first kappa shape index (κ1) is 16.4. The molecule has 16 heavy (non-hydrogen) atoms. The maximum Gasteiger partial charge on any atom is 0.0959 e. The molecule has 0 aromatic carbocycles. The van der Waals surface area contributed by atoms with Crippen molar-refractivity contribution in [1.29, 1.82) is 0 Å². The highest BCUT2D eigenvalue weighted by Gasteiger charge is 2.16. The average Bonchev–Trinajstić information content (AvgIpc) is 2.26. The zero-order valence-electron chi connectivity index (χ0n) is 12.5. The van der Waals surface area contributed by atoms with Gasteiger partial charge in [0.2, 0.25) is 0 Å². The molecule has 98 valence electrons. The predicted octanol–water partition coefficient (Wildman–Crippen LogP) is 1.38. The standard InChI is InChI=1S/C12H32N2Si2/c1-8-10(3)13(6)15-12(5)16-14(7)11(4)9-2/h10-12H,8-9,15-16H2,1-7H3. The summed E-state index contributed by atoms with van der Waals surface area (Å²) in [6.07, 6.45) is 2.58. The van der Waals surface area contributed by atoms with Gasteiger partial charge in [-0.1, -0.05) is 34.6 Å². The molecule has 0 aliphatic heterocycles. The third-order valence-corrected chi connectivity index (χ3v) is 9.08. The van der Waals surface area contributed by atoms with E-state index in [1.807, 2.05) is 0 Å². The number of hydrogen-bond acceptors (Lipinski definition) is 2. The van der Waals surface area contributed by atoms with E-state index in [1.54, 1.807) is 0 Å². The Balaban J connectivity index is 3.93. The maximum absolute atomic E-state index is 2.65. The Hall–Kier alpha value is 0.354. The minimum atomic E-state index is -0.0274. The van der Waals surface area contributed by atoms with Crippen LogP contribution < -0.4 is 0 Å². The van der Waals surface area contributed by atoms with Gasteiger partial charge in [0.15, 0.2) is 0 Å². The van der Waals surface area contributed by atoms with Crippen molar-refractivity contribution in [2.45, 2.75) is 64.7 Å². The van der Waals surface area contributed by atoms with E-state index >= 15 is 0 Å². The van der Waals surface area contributed by atoms with Crippen LogP contribution in [-0.4, -0.2) is 54.7 Å². The zero-order chi connectivity index (χ0) is 12.7. The van der Waals surface area contributed by atoms with E-state index in [0.717, 1.165) is 17.2 Å². The summed E-state index contributed by atoms with van der Waals surface area (Å²) in [6, 6.07) is 1.58. The van der Waals surface area contributed by atoms with E-state index in [0.29, 0.717) is 0 Å². The molecule has 0 aromatic rings. The van der Waals surface area contributed by atoms with Crippen LogP contribution in [0.15, 0.2) is 0 Å². The topological polar surface area (TPSA) is 6.48 Å². The van der Waals surface area contributed by atoms with Gasteiger partial charge in [0.05, 0.1) is 19.4 Å². The molecule has 0 fully saturated rings. The van der Waals surface area contributed by atoms with Gasteiger partial charge < -0.3 is 9.13 Å². The third-order valence-electron chi connectivity index (χ3n) is 3.89. The molecule has 0 aliphatic carbocycles. The normalized spacial score (nSPS) is 19.3. The van der Waals surface area contributed by atoms with E-state index < -0.39 is 0 Å². The molecule has 0 rings (SSSR count). The zero-order valence-corrected chi connectivity index (χ0v) is 15.3. The van der Waals surface area contributed by atoms with Crippen molar-refractivity contribution in [2.75, 3.05) is 14.1 Å². The number of nitrogens with zero attached hydrogens (tertiary/aromatic N) is 2. The van der Waals surface area contributed by atoms with Crippen LogP contribution in [0.1, 0.15) is 47.5 Å². The second-order valence-electron chi connectivity index (χ2n) is 5.50. The highest BCUT2D eigenvalue weighted by atomic mass is 28.3. The highest BCUT2D eigenvalue weighted by molar-refractivity contribution is 6.55. The van der Waals surface area contributed by atoms with Crippen molar-refractivity contribution in [3.63, 3.8) is 0 Å².